The van der Waals surface area contributed by atoms with E-state index in [4.69, 9.17) is 12.2 Å². The van der Waals surface area contributed by atoms with Gasteiger partial charge in [-0.05, 0) is 40.3 Å². The fourth-order valence-electron chi connectivity index (χ4n) is 3.15. The molecule has 0 aliphatic carbocycles. The first kappa shape index (κ1) is 18.1. The van der Waals surface area contributed by atoms with Gasteiger partial charge in [0.25, 0.3) is 5.69 Å². The Hall–Kier alpha value is -1.72. The number of nitro groups is 1. The largest absolute Gasteiger partial charge is 0.269 e. The van der Waals surface area contributed by atoms with Crippen molar-refractivity contribution in [2.45, 2.75) is 43.4 Å². The van der Waals surface area contributed by atoms with Crippen LogP contribution in [0.1, 0.15) is 37.0 Å². The summed E-state index contributed by atoms with van der Waals surface area (Å²) in [7, 11) is 0. The molecule has 0 atom stereocenters. The zero-order valence-corrected chi connectivity index (χ0v) is 16.1. The molecule has 0 N–H and O–H groups in total. The predicted molar refractivity (Wildman–Crippen MR) is 108 cm³/mol. The fourth-order valence-corrected chi connectivity index (χ4v) is 4.97. The second kappa shape index (κ2) is 7.26. The molecule has 25 heavy (non-hydrogen) atoms. The molecule has 3 rings (SSSR count). The molecule has 5 heteroatoms. The van der Waals surface area contributed by atoms with Gasteiger partial charge in [0, 0.05) is 34.7 Å². The summed E-state index contributed by atoms with van der Waals surface area (Å²) in [6.07, 6.45) is 2.63. The Morgan fingerprint density at radius 3 is 2.48 bits per heavy atom. The molecule has 0 amide bonds. The van der Waals surface area contributed by atoms with E-state index < -0.39 is 0 Å². The highest BCUT2D eigenvalue weighted by atomic mass is 32.2. The number of hydrogen-bond donors (Lipinski definition) is 0. The minimum absolute atomic E-state index is 0.115. The van der Waals surface area contributed by atoms with E-state index in [-0.39, 0.29) is 16.0 Å². The SMILES string of the molecule is CC1(C)CCSc2ccc(CC(=S)Cc3ccc([N+](=O)[O-])cc3)cc21. The average Bonchev–Trinajstić information content (AvgIpc) is 2.55. The van der Waals surface area contributed by atoms with Crippen LogP contribution in [-0.4, -0.2) is 15.5 Å². The van der Waals surface area contributed by atoms with Crippen LogP contribution in [0.5, 0.6) is 0 Å². The Morgan fingerprint density at radius 1 is 1.16 bits per heavy atom. The maximum Gasteiger partial charge on any atom is 0.269 e. The van der Waals surface area contributed by atoms with Gasteiger partial charge in [0.1, 0.15) is 0 Å². The van der Waals surface area contributed by atoms with Crippen LogP contribution in [0.4, 0.5) is 5.69 Å². The molecule has 2 aromatic carbocycles. The number of thiocarbonyl (C=S) groups is 1. The van der Waals surface area contributed by atoms with E-state index in [1.54, 1.807) is 12.1 Å². The van der Waals surface area contributed by atoms with Crippen molar-refractivity contribution in [1.29, 1.82) is 0 Å². The Morgan fingerprint density at radius 2 is 1.80 bits per heavy atom. The average molecular weight is 372 g/mol. The normalized spacial score (nSPS) is 15.4. The smallest absolute Gasteiger partial charge is 0.258 e. The van der Waals surface area contributed by atoms with Crippen molar-refractivity contribution < 1.29 is 4.92 Å². The van der Waals surface area contributed by atoms with E-state index in [2.05, 4.69) is 32.0 Å². The van der Waals surface area contributed by atoms with Gasteiger partial charge in [-0.2, -0.15) is 0 Å². The number of nitrogens with zero attached hydrogens (tertiary/aromatic N) is 1. The zero-order chi connectivity index (χ0) is 18.0. The summed E-state index contributed by atoms with van der Waals surface area (Å²) in [6.45, 7) is 4.62. The van der Waals surface area contributed by atoms with Crippen LogP contribution in [-0.2, 0) is 18.3 Å². The quantitative estimate of drug-likeness (QED) is 0.394. The van der Waals surface area contributed by atoms with Crippen LogP contribution < -0.4 is 0 Å². The van der Waals surface area contributed by atoms with Gasteiger partial charge >= 0.3 is 0 Å². The van der Waals surface area contributed by atoms with Crippen molar-refractivity contribution in [2.24, 2.45) is 0 Å². The van der Waals surface area contributed by atoms with Crippen LogP contribution in [0, 0.1) is 10.1 Å². The van der Waals surface area contributed by atoms with Crippen molar-refractivity contribution in [3.05, 3.63) is 69.3 Å². The van der Waals surface area contributed by atoms with Gasteiger partial charge in [-0.25, -0.2) is 0 Å². The highest BCUT2D eigenvalue weighted by Gasteiger charge is 2.27. The Bertz CT molecular complexity index is 813. The molecule has 1 aliphatic rings. The van der Waals surface area contributed by atoms with Crippen molar-refractivity contribution >= 4 is 34.5 Å². The van der Waals surface area contributed by atoms with Gasteiger partial charge in [-0.3, -0.25) is 10.1 Å². The topological polar surface area (TPSA) is 43.1 Å². The highest BCUT2D eigenvalue weighted by molar-refractivity contribution is 7.99. The Kier molecular flexibility index (Phi) is 5.25. The summed E-state index contributed by atoms with van der Waals surface area (Å²) in [5.41, 5.74) is 4.03. The first-order valence-corrected chi connectivity index (χ1v) is 9.76. The number of fused-ring (bicyclic) bond motifs is 1. The first-order valence-electron chi connectivity index (χ1n) is 8.36. The summed E-state index contributed by atoms with van der Waals surface area (Å²) in [5.74, 6) is 1.18. The molecule has 0 bridgehead atoms. The molecule has 1 heterocycles. The van der Waals surface area contributed by atoms with E-state index in [1.165, 1.54) is 40.3 Å². The summed E-state index contributed by atoms with van der Waals surface area (Å²) in [5, 5.41) is 10.7. The third-order valence-electron chi connectivity index (χ3n) is 4.71. The van der Waals surface area contributed by atoms with Crippen molar-refractivity contribution in [3.8, 4) is 0 Å². The summed E-state index contributed by atoms with van der Waals surface area (Å²) in [6, 6.07) is 13.4. The number of thioether (sulfide) groups is 1. The van der Waals surface area contributed by atoms with E-state index in [9.17, 15) is 10.1 Å². The molecule has 0 unspecified atom stereocenters. The molecular formula is C20H21NO2S2. The monoisotopic (exact) mass is 371 g/mol. The zero-order valence-electron chi connectivity index (χ0n) is 14.5. The number of non-ortho nitro benzene ring substituents is 1. The molecule has 0 saturated heterocycles. The summed E-state index contributed by atoms with van der Waals surface area (Å²) < 4.78 is 0. The lowest BCUT2D eigenvalue weighted by atomic mass is 9.81. The summed E-state index contributed by atoms with van der Waals surface area (Å²) >= 11 is 7.51. The highest BCUT2D eigenvalue weighted by Crippen LogP contribution is 2.41. The van der Waals surface area contributed by atoms with Crippen LogP contribution in [0.25, 0.3) is 0 Å². The molecule has 0 saturated carbocycles. The molecule has 3 nitrogen and oxygen atoms in total. The van der Waals surface area contributed by atoms with Crippen molar-refractivity contribution in [2.75, 3.05) is 5.75 Å². The maximum atomic E-state index is 10.7. The van der Waals surface area contributed by atoms with E-state index >= 15 is 0 Å². The molecule has 0 spiro atoms. The number of nitro benzene ring substituents is 1. The Labute approximate surface area is 158 Å². The van der Waals surface area contributed by atoms with Crippen LogP contribution >= 0.6 is 24.0 Å². The van der Waals surface area contributed by atoms with Gasteiger partial charge in [0.05, 0.1) is 4.92 Å². The Balaban J connectivity index is 1.70. The second-order valence-corrected chi connectivity index (χ2v) is 8.84. The lowest BCUT2D eigenvalue weighted by molar-refractivity contribution is -0.384. The molecule has 0 fully saturated rings. The second-order valence-electron chi connectivity index (χ2n) is 7.13. The summed E-state index contributed by atoms with van der Waals surface area (Å²) in [4.78, 5) is 12.7. The first-order chi connectivity index (χ1) is 11.8. The number of rotatable bonds is 5. The molecule has 1 aliphatic heterocycles. The molecular weight excluding hydrogens is 350 g/mol. The third kappa shape index (κ3) is 4.28. The van der Waals surface area contributed by atoms with Crippen molar-refractivity contribution in [1.82, 2.24) is 0 Å². The third-order valence-corrected chi connectivity index (χ3v) is 6.07. The van der Waals surface area contributed by atoms with E-state index in [1.807, 2.05) is 11.8 Å². The lowest BCUT2D eigenvalue weighted by Gasteiger charge is -2.32. The van der Waals surface area contributed by atoms with Gasteiger partial charge in [0.15, 0.2) is 0 Å². The molecule has 130 valence electrons. The predicted octanol–water partition coefficient (Wildman–Crippen LogP) is 5.52. The minimum atomic E-state index is -0.380. The van der Waals surface area contributed by atoms with Crippen molar-refractivity contribution in [3.63, 3.8) is 0 Å². The van der Waals surface area contributed by atoms with E-state index in [0.717, 1.165) is 16.8 Å². The minimum Gasteiger partial charge on any atom is -0.258 e. The standard InChI is InChI=1S/C20H21NO2S2/c1-20(2)9-10-25-19-8-5-15(13-18(19)20)12-17(24)11-14-3-6-16(7-4-14)21(22)23/h3-8,13H,9-12H2,1-2H3. The van der Waals surface area contributed by atoms with Gasteiger partial charge in [-0.15, -0.1) is 11.8 Å². The van der Waals surface area contributed by atoms with Crippen LogP contribution in [0.2, 0.25) is 0 Å². The number of benzene rings is 2. The lowest BCUT2D eigenvalue weighted by Crippen LogP contribution is -2.23. The fraction of sp³-hybridized carbons (Fsp3) is 0.350. The molecule has 2 aromatic rings. The van der Waals surface area contributed by atoms with Crippen LogP contribution in [0.3, 0.4) is 0 Å². The molecule has 0 aromatic heterocycles. The van der Waals surface area contributed by atoms with Gasteiger partial charge in [-0.1, -0.05) is 50.3 Å². The number of hydrogen-bond acceptors (Lipinski definition) is 4. The van der Waals surface area contributed by atoms with Gasteiger partial charge < -0.3 is 0 Å². The maximum absolute atomic E-state index is 10.7. The van der Waals surface area contributed by atoms with Crippen LogP contribution in [0.15, 0.2) is 47.4 Å². The van der Waals surface area contributed by atoms with Gasteiger partial charge in [0.2, 0.25) is 0 Å². The molecule has 0 radical (unpaired) electrons. The van der Waals surface area contributed by atoms with E-state index in [0.29, 0.717) is 6.42 Å².